The molecule has 10 nitrogen and oxygen atoms in total. The number of amides is 1. The van der Waals surface area contributed by atoms with Gasteiger partial charge in [-0.3, -0.25) is 9.78 Å². The fraction of sp³-hybridized carbons (Fsp3) is 0.333. The number of morpholine rings is 1. The lowest BCUT2D eigenvalue weighted by Crippen LogP contribution is -2.45. The molecule has 0 unspecified atom stereocenters. The van der Waals surface area contributed by atoms with Crippen LogP contribution in [0.1, 0.15) is 35.5 Å². The molecule has 1 aliphatic rings. The van der Waals surface area contributed by atoms with Crippen LogP contribution in [0.15, 0.2) is 65.7 Å². The molecule has 1 fully saturated rings. The van der Waals surface area contributed by atoms with Crippen LogP contribution in [0.25, 0.3) is 22.3 Å². The highest BCUT2D eigenvalue weighted by atomic mass is 32.2. The third-order valence-corrected chi connectivity index (χ3v) is 8.78. The molecule has 0 aliphatic carbocycles. The van der Waals surface area contributed by atoms with E-state index in [-0.39, 0.29) is 29.2 Å². The molecular formula is C30H33N5O5S. The van der Waals surface area contributed by atoms with E-state index >= 15 is 0 Å². The highest BCUT2D eigenvalue weighted by molar-refractivity contribution is 7.91. The summed E-state index contributed by atoms with van der Waals surface area (Å²) in [5.41, 5.74) is 3.54. The maximum Gasteiger partial charge on any atom is 0.251 e. The molecule has 1 amide bonds. The van der Waals surface area contributed by atoms with Gasteiger partial charge in [0.2, 0.25) is 0 Å². The first-order chi connectivity index (χ1) is 19.6. The minimum Gasteiger partial charge on any atom is -0.395 e. The molecule has 1 aliphatic heterocycles. The zero-order valence-electron chi connectivity index (χ0n) is 23.2. The smallest absolute Gasteiger partial charge is 0.251 e. The molecule has 214 valence electrons. The molecule has 4 aromatic rings. The second-order valence-corrected chi connectivity index (χ2v) is 12.4. The predicted molar refractivity (Wildman–Crippen MR) is 156 cm³/mol. The fourth-order valence-electron chi connectivity index (χ4n) is 4.98. The largest absolute Gasteiger partial charge is 0.395 e. The van der Waals surface area contributed by atoms with Gasteiger partial charge in [0.15, 0.2) is 9.84 Å². The number of rotatable bonds is 8. The number of benzene rings is 1. The highest BCUT2D eigenvalue weighted by Gasteiger charge is 2.23. The summed E-state index contributed by atoms with van der Waals surface area (Å²) in [6.07, 6.45) is 1.96. The van der Waals surface area contributed by atoms with Crippen molar-refractivity contribution in [2.45, 2.75) is 44.4 Å². The third-order valence-electron chi connectivity index (χ3n) is 6.95. The Kier molecular flexibility index (Phi) is 8.30. The Morgan fingerprint density at radius 2 is 1.80 bits per heavy atom. The van der Waals surface area contributed by atoms with Crippen LogP contribution in [-0.2, 0) is 21.1 Å². The van der Waals surface area contributed by atoms with Gasteiger partial charge < -0.3 is 20.1 Å². The van der Waals surface area contributed by atoms with Crippen LogP contribution in [-0.4, -0.2) is 72.0 Å². The standard InChI is InChI=1S/C30H33N5O5S/c1-19-7-8-22(13-28(19)41(38,39)12-11-36)30(37)32-16-24-14-27-23(15-31-24)9-10-26(33-27)25-5-4-6-29(34-25)35-17-20(2)40-21(3)18-35/h4-10,13-15,20-21,36H,11-12,16-18H2,1-3H3,(H,32,37)/t20-,21+. The first kappa shape index (κ1) is 28.6. The third kappa shape index (κ3) is 6.53. The number of aliphatic hydroxyl groups excluding tert-OH is 1. The number of aliphatic hydroxyl groups is 1. The van der Waals surface area contributed by atoms with Gasteiger partial charge in [0.1, 0.15) is 5.82 Å². The Labute approximate surface area is 239 Å². The topological polar surface area (TPSA) is 135 Å². The molecule has 2 N–H and O–H groups in total. The number of nitrogens with one attached hydrogen (secondary N) is 1. The summed E-state index contributed by atoms with van der Waals surface area (Å²) in [5.74, 6) is 0.0511. The second kappa shape index (κ2) is 11.9. The zero-order valence-corrected chi connectivity index (χ0v) is 24.1. The summed E-state index contributed by atoms with van der Waals surface area (Å²) in [6.45, 7) is 6.97. The van der Waals surface area contributed by atoms with Crippen molar-refractivity contribution >= 4 is 32.5 Å². The number of anilines is 1. The SMILES string of the molecule is Cc1ccc(C(=O)NCc2cc3nc(-c4cccc(N5C[C@@H](C)O[C@@H](C)C5)n4)ccc3cn2)cc1S(=O)(=O)CCO. The van der Waals surface area contributed by atoms with E-state index in [1.165, 1.54) is 6.07 Å². The van der Waals surface area contributed by atoms with Gasteiger partial charge in [-0.1, -0.05) is 12.1 Å². The number of aromatic nitrogens is 3. The lowest BCUT2D eigenvalue weighted by Gasteiger charge is -2.36. The Morgan fingerprint density at radius 3 is 2.56 bits per heavy atom. The molecule has 0 spiro atoms. The lowest BCUT2D eigenvalue weighted by atomic mass is 10.1. The summed E-state index contributed by atoms with van der Waals surface area (Å²) in [6, 6.07) is 16.1. The predicted octanol–water partition coefficient (Wildman–Crippen LogP) is 3.31. The highest BCUT2D eigenvalue weighted by Crippen LogP contribution is 2.24. The molecule has 41 heavy (non-hydrogen) atoms. The number of hydrogen-bond donors (Lipinski definition) is 2. The normalized spacial score (nSPS) is 17.5. The monoisotopic (exact) mass is 575 g/mol. The van der Waals surface area contributed by atoms with Crippen molar-refractivity contribution in [1.29, 1.82) is 0 Å². The molecule has 1 saturated heterocycles. The Morgan fingerprint density at radius 1 is 1.05 bits per heavy atom. The molecule has 0 radical (unpaired) electrons. The molecule has 1 aromatic carbocycles. The molecule has 0 bridgehead atoms. The molecule has 2 atom stereocenters. The average Bonchev–Trinajstić information content (AvgIpc) is 2.95. The van der Waals surface area contributed by atoms with E-state index in [0.717, 1.165) is 41.2 Å². The van der Waals surface area contributed by atoms with E-state index in [2.05, 4.69) is 29.0 Å². The molecule has 3 aromatic heterocycles. The van der Waals surface area contributed by atoms with Crippen LogP contribution in [0.2, 0.25) is 0 Å². The number of carbonyl (C=O) groups excluding carboxylic acids is 1. The van der Waals surface area contributed by atoms with Crippen molar-refractivity contribution < 1.29 is 23.1 Å². The van der Waals surface area contributed by atoms with Crippen molar-refractivity contribution in [3.63, 3.8) is 0 Å². The molecule has 4 heterocycles. The number of carbonyl (C=O) groups is 1. The van der Waals surface area contributed by atoms with Gasteiger partial charge in [-0.15, -0.1) is 0 Å². The van der Waals surface area contributed by atoms with Gasteiger partial charge in [-0.05, 0) is 68.8 Å². The Hall–Kier alpha value is -3.93. The van der Waals surface area contributed by atoms with Crippen molar-refractivity contribution in [2.75, 3.05) is 30.3 Å². The summed E-state index contributed by atoms with van der Waals surface area (Å²) in [5, 5.41) is 12.8. The van der Waals surface area contributed by atoms with E-state index in [1.807, 2.05) is 36.4 Å². The van der Waals surface area contributed by atoms with E-state index < -0.39 is 28.1 Å². The van der Waals surface area contributed by atoms with Gasteiger partial charge in [0.25, 0.3) is 5.91 Å². The van der Waals surface area contributed by atoms with Gasteiger partial charge in [0, 0.05) is 30.2 Å². The van der Waals surface area contributed by atoms with Gasteiger partial charge in [0.05, 0.1) is 58.6 Å². The van der Waals surface area contributed by atoms with E-state index in [0.29, 0.717) is 11.3 Å². The van der Waals surface area contributed by atoms with Crippen LogP contribution in [0, 0.1) is 6.92 Å². The maximum atomic E-state index is 12.9. The lowest BCUT2D eigenvalue weighted by molar-refractivity contribution is -0.00545. The molecule has 5 rings (SSSR count). The van der Waals surface area contributed by atoms with Gasteiger partial charge in [-0.25, -0.2) is 18.4 Å². The second-order valence-electron chi connectivity index (χ2n) is 10.3. The number of aryl methyl sites for hydroxylation is 1. The summed E-state index contributed by atoms with van der Waals surface area (Å²) < 4.78 is 30.8. The number of fused-ring (bicyclic) bond motifs is 1. The number of pyridine rings is 3. The summed E-state index contributed by atoms with van der Waals surface area (Å²) in [7, 11) is -3.69. The zero-order chi connectivity index (χ0) is 29.1. The van der Waals surface area contributed by atoms with Gasteiger partial charge in [-0.2, -0.15) is 0 Å². The summed E-state index contributed by atoms with van der Waals surface area (Å²) >= 11 is 0. The first-order valence-corrected chi connectivity index (χ1v) is 15.1. The number of hydrogen-bond acceptors (Lipinski definition) is 9. The molecule has 0 saturated carbocycles. The van der Waals surface area contributed by atoms with E-state index in [9.17, 15) is 13.2 Å². The summed E-state index contributed by atoms with van der Waals surface area (Å²) in [4.78, 5) is 29.3. The van der Waals surface area contributed by atoms with Crippen molar-refractivity contribution in [1.82, 2.24) is 20.3 Å². The fourth-order valence-corrected chi connectivity index (χ4v) is 6.31. The maximum absolute atomic E-state index is 12.9. The van der Waals surface area contributed by atoms with Crippen LogP contribution < -0.4 is 10.2 Å². The van der Waals surface area contributed by atoms with Crippen LogP contribution in [0.5, 0.6) is 0 Å². The van der Waals surface area contributed by atoms with Crippen molar-refractivity contribution in [3.8, 4) is 11.4 Å². The first-order valence-electron chi connectivity index (χ1n) is 13.5. The van der Waals surface area contributed by atoms with E-state index in [4.69, 9.17) is 19.8 Å². The number of nitrogens with zero attached hydrogens (tertiary/aromatic N) is 4. The van der Waals surface area contributed by atoms with Crippen LogP contribution in [0.3, 0.4) is 0 Å². The number of ether oxygens (including phenoxy) is 1. The molecule has 11 heteroatoms. The minimum absolute atomic E-state index is 0.0371. The quantitative estimate of drug-likeness (QED) is 0.324. The van der Waals surface area contributed by atoms with Crippen LogP contribution in [0.4, 0.5) is 5.82 Å². The van der Waals surface area contributed by atoms with Crippen molar-refractivity contribution in [2.24, 2.45) is 0 Å². The number of sulfone groups is 1. The van der Waals surface area contributed by atoms with Gasteiger partial charge >= 0.3 is 0 Å². The Balaban J connectivity index is 1.33. The average molecular weight is 576 g/mol. The molecular weight excluding hydrogens is 542 g/mol. The van der Waals surface area contributed by atoms with Crippen LogP contribution >= 0.6 is 0 Å². The Bertz CT molecular complexity index is 1680. The van der Waals surface area contributed by atoms with Crippen molar-refractivity contribution in [3.05, 3.63) is 77.6 Å². The minimum atomic E-state index is -3.69. The van der Waals surface area contributed by atoms with E-state index in [1.54, 1.807) is 25.3 Å².